The third-order valence-electron chi connectivity index (χ3n) is 2.92. The van der Waals surface area contributed by atoms with E-state index in [1.54, 1.807) is 32.9 Å². The minimum atomic E-state index is -0.632. The maximum Gasteiger partial charge on any atom is 0.407 e. The van der Waals surface area contributed by atoms with Crippen LogP contribution in [0.2, 0.25) is 0 Å². The molecule has 24 heavy (non-hydrogen) atoms. The summed E-state index contributed by atoms with van der Waals surface area (Å²) in [5.41, 5.74) is -0.632. The van der Waals surface area contributed by atoms with Gasteiger partial charge in [0.25, 0.3) is 0 Å². The Hall–Kier alpha value is -1.63. The van der Waals surface area contributed by atoms with Gasteiger partial charge >= 0.3 is 6.09 Å². The molecule has 5 nitrogen and oxygen atoms in total. The molecule has 1 aromatic rings. The fourth-order valence-electron chi connectivity index (χ4n) is 1.83. The number of amides is 1. The molecule has 0 radical (unpaired) electrons. The minimum Gasteiger partial charge on any atom is -0.488 e. The molecule has 0 saturated heterocycles. The molecule has 0 saturated carbocycles. The summed E-state index contributed by atoms with van der Waals surface area (Å²) < 4.78 is 24.9. The molecule has 1 N–H and O–H groups in total. The number of carbonyl (C=O) groups excluding carboxylic acids is 2. The monoisotopic (exact) mass is 403 g/mol. The Labute approximate surface area is 150 Å². The predicted octanol–water partition coefficient (Wildman–Crippen LogP) is 4.23. The van der Waals surface area contributed by atoms with Gasteiger partial charge in [-0.05, 0) is 62.2 Å². The van der Waals surface area contributed by atoms with Crippen LogP contribution in [0, 0.1) is 5.82 Å². The largest absolute Gasteiger partial charge is 0.488 e. The first-order valence-electron chi connectivity index (χ1n) is 7.64. The summed E-state index contributed by atoms with van der Waals surface area (Å²) in [4.78, 5) is 23.1. The Morgan fingerprint density at radius 3 is 2.58 bits per heavy atom. The first-order chi connectivity index (χ1) is 11.1. The van der Waals surface area contributed by atoms with Crippen molar-refractivity contribution < 1.29 is 23.5 Å². The molecule has 134 valence electrons. The second kappa shape index (κ2) is 9.01. The van der Waals surface area contributed by atoms with Crippen LogP contribution in [0.3, 0.4) is 0 Å². The maximum absolute atomic E-state index is 13.9. The van der Waals surface area contributed by atoms with Crippen LogP contribution in [0.1, 0.15) is 40.5 Å². The Morgan fingerprint density at radius 2 is 2.00 bits per heavy atom. The normalized spacial score (nSPS) is 12.4. The van der Waals surface area contributed by atoms with Gasteiger partial charge in [-0.15, -0.1) is 0 Å². The Morgan fingerprint density at radius 1 is 1.33 bits per heavy atom. The zero-order chi connectivity index (χ0) is 18.3. The molecule has 1 rings (SSSR count). The Kier molecular flexibility index (Phi) is 7.66. The summed E-state index contributed by atoms with van der Waals surface area (Å²) in [7, 11) is 0. The average molecular weight is 404 g/mol. The van der Waals surface area contributed by atoms with Gasteiger partial charge in [-0.1, -0.05) is 6.07 Å². The van der Waals surface area contributed by atoms with Gasteiger partial charge in [-0.25, -0.2) is 9.18 Å². The lowest BCUT2D eigenvalue weighted by molar-refractivity contribution is -0.117. The summed E-state index contributed by atoms with van der Waals surface area (Å²) in [5, 5.41) is 2.66. The average Bonchev–Trinajstić information content (AvgIpc) is 2.43. The van der Waals surface area contributed by atoms with Crippen molar-refractivity contribution in [3.63, 3.8) is 0 Å². The van der Waals surface area contributed by atoms with Crippen LogP contribution >= 0.6 is 15.9 Å². The number of hydrogen-bond acceptors (Lipinski definition) is 4. The first kappa shape index (κ1) is 20.4. The topological polar surface area (TPSA) is 64.6 Å². The number of alkyl carbamates (subject to hydrolysis) is 1. The standard InChI is InChI=1S/C17H23BrFNO4/c1-11(21)8-9-12(20-16(22)24-17(2,3)4)10-23-14-7-5-6-13(18)15(14)19/h5-7,12H,8-10H2,1-4H3,(H,20,22). The van der Waals surface area contributed by atoms with E-state index in [1.165, 1.54) is 13.0 Å². The number of ether oxygens (including phenoxy) is 2. The van der Waals surface area contributed by atoms with Crippen molar-refractivity contribution in [3.8, 4) is 5.75 Å². The molecule has 1 amide bonds. The van der Waals surface area contributed by atoms with Gasteiger partial charge in [0.15, 0.2) is 11.6 Å². The van der Waals surface area contributed by atoms with Crippen molar-refractivity contribution in [2.45, 2.75) is 52.2 Å². The van der Waals surface area contributed by atoms with Gasteiger partial charge in [-0.3, -0.25) is 0 Å². The van der Waals surface area contributed by atoms with Crippen molar-refractivity contribution in [2.24, 2.45) is 0 Å². The van der Waals surface area contributed by atoms with Crippen LogP contribution in [0.15, 0.2) is 22.7 Å². The zero-order valence-electron chi connectivity index (χ0n) is 14.3. The molecule has 0 heterocycles. The van der Waals surface area contributed by atoms with Crippen LogP contribution in [0.25, 0.3) is 0 Å². The molecule has 0 bridgehead atoms. The minimum absolute atomic E-state index is 0.000347. The molecule has 7 heteroatoms. The molecule has 0 aliphatic heterocycles. The SMILES string of the molecule is CC(=O)CCC(COc1cccc(Br)c1F)NC(=O)OC(C)(C)C. The number of rotatable bonds is 7. The molecule has 0 spiro atoms. The number of hydrogen-bond donors (Lipinski definition) is 1. The Balaban J connectivity index is 2.69. The Bertz CT molecular complexity index is 586. The van der Waals surface area contributed by atoms with Crippen molar-refractivity contribution in [1.29, 1.82) is 0 Å². The van der Waals surface area contributed by atoms with Gasteiger partial charge in [0.2, 0.25) is 0 Å². The van der Waals surface area contributed by atoms with Gasteiger partial charge in [0.1, 0.15) is 18.0 Å². The first-order valence-corrected chi connectivity index (χ1v) is 8.43. The van der Waals surface area contributed by atoms with Gasteiger partial charge in [0.05, 0.1) is 10.5 Å². The van der Waals surface area contributed by atoms with E-state index in [0.717, 1.165) is 0 Å². The number of benzene rings is 1. The maximum atomic E-state index is 13.9. The highest BCUT2D eigenvalue weighted by molar-refractivity contribution is 9.10. The fraction of sp³-hybridized carbons (Fsp3) is 0.529. The molecule has 0 aliphatic rings. The van der Waals surface area contributed by atoms with Crippen molar-refractivity contribution in [2.75, 3.05) is 6.61 Å². The highest BCUT2D eigenvalue weighted by Crippen LogP contribution is 2.24. The third kappa shape index (κ3) is 7.77. The molecule has 1 aromatic carbocycles. The van der Waals surface area contributed by atoms with E-state index >= 15 is 0 Å². The van der Waals surface area contributed by atoms with Crippen molar-refractivity contribution in [3.05, 3.63) is 28.5 Å². The van der Waals surface area contributed by atoms with E-state index in [-0.39, 0.29) is 24.6 Å². The number of halogens is 2. The highest BCUT2D eigenvalue weighted by atomic mass is 79.9. The van der Waals surface area contributed by atoms with Crippen molar-refractivity contribution >= 4 is 27.8 Å². The molecule has 0 aliphatic carbocycles. The highest BCUT2D eigenvalue weighted by Gasteiger charge is 2.21. The number of ketones is 1. The molecular weight excluding hydrogens is 381 g/mol. The quantitative estimate of drug-likeness (QED) is 0.739. The van der Waals surface area contributed by atoms with Gasteiger partial charge in [0, 0.05) is 6.42 Å². The van der Waals surface area contributed by atoms with Crippen LogP contribution in [0.5, 0.6) is 5.75 Å². The van der Waals surface area contributed by atoms with Crippen LogP contribution in [-0.4, -0.2) is 30.1 Å². The lowest BCUT2D eigenvalue weighted by atomic mass is 10.1. The summed E-state index contributed by atoms with van der Waals surface area (Å²) in [5.74, 6) is -0.442. The zero-order valence-corrected chi connectivity index (χ0v) is 15.9. The van der Waals surface area contributed by atoms with Gasteiger partial charge < -0.3 is 19.6 Å². The molecule has 0 fully saturated rings. The second-order valence-electron chi connectivity index (χ2n) is 6.45. The lowest BCUT2D eigenvalue weighted by Crippen LogP contribution is -2.42. The number of nitrogens with one attached hydrogen (secondary N) is 1. The number of Topliss-reactive ketones (excluding diaryl/α,β-unsaturated/α-hetero) is 1. The smallest absolute Gasteiger partial charge is 0.407 e. The van der Waals surface area contributed by atoms with E-state index in [9.17, 15) is 14.0 Å². The third-order valence-corrected chi connectivity index (χ3v) is 3.53. The van der Waals surface area contributed by atoms with E-state index in [1.807, 2.05) is 0 Å². The summed E-state index contributed by atoms with van der Waals surface area (Å²) in [6, 6.07) is 4.24. The van der Waals surface area contributed by atoms with Crippen molar-refractivity contribution in [1.82, 2.24) is 5.32 Å². The molecular formula is C17H23BrFNO4. The predicted molar refractivity (Wildman–Crippen MR) is 92.7 cm³/mol. The lowest BCUT2D eigenvalue weighted by Gasteiger charge is -2.23. The summed E-state index contributed by atoms with van der Waals surface area (Å²) in [6.45, 7) is 6.76. The molecule has 0 aromatic heterocycles. The molecule has 1 unspecified atom stereocenters. The van der Waals surface area contributed by atoms with E-state index < -0.39 is 23.6 Å². The van der Waals surface area contributed by atoms with Crippen LogP contribution < -0.4 is 10.1 Å². The summed E-state index contributed by atoms with van der Waals surface area (Å²) in [6.07, 6.45) is 0.0593. The van der Waals surface area contributed by atoms with E-state index in [2.05, 4.69) is 21.2 Å². The van der Waals surface area contributed by atoms with Crippen LogP contribution in [-0.2, 0) is 9.53 Å². The van der Waals surface area contributed by atoms with E-state index in [4.69, 9.17) is 9.47 Å². The number of carbonyl (C=O) groups is 2. The second-order valence-corrected chi connectivity index (χ2v) is 7.30. The summed E-state index contributed by atoms with van der Waals surface area (Å²) >= 11 is 3.09. The molecule has 1 atom stereocenters. The van der Waals surface area contributed by atoms with E-state index in [0.29, 0.717) is 10.9 Å². The fourth-order valence-corrected chi connectivity index (χ4v) is 2.18. The van der Waals surface area contributed by atoms with Crippen LogP contribution in [0.4, 0.5) is 9.18 Å². The van der Waals surface area contributed by atoms with Gasteiger partial charge in [-0.2, -0.15) is 0 Å².